The number of nitrogens with zero attached hydrogens (tertiary/aromatic N) is 3. The maximum Gasteiger partial charge on any atom is 0.115 e. The van der Waals surface area contributed by atoms with Crippen molar-refractivity contribution < 1.29 is 112 Å². The second kappa shape index (κ2) is 21.9. The van der Waals surface area contributed by atoms with E-state index in [-0.39, 0.29) is 4.90 Å². The fourth-order valence-corrected chi connectivity index (χ4v) is 4.29. The summed E-state index contributed by atoms with van der Waals surface area (Å²) in [7, 11) is 2.27. The Hall–Kier alpha value is -3.18. The van der Waals surface area contributed by atoms with Gasteiger partial charge in [0.2, 0.25) is 0 Å². The summed E-state index contributed by atoms with van der Waals surface area (Å²) in [6, 6.07) is -17.9. The zero-order chi connectivity index (χ0) is 94.6. The number of aliphatic hydroxyl groups is 3. The average Bonchev–Trinajstić information content (AvgIpc) is 0.651. The number of hydrogen-bond donors (Lipinski definition) is 6. The van der Waals surface area contributed by atoms with Crippen LogP contribution >= 0.6 is 0 Å². The van der Waals surface area contributed by atoms with Gasteiger partial charge in [-0.1, -0.05) is 94.2 Å². The van der Waals surface area contributed by atoms with Crippen LogP contribution in [-0.2, 0) is 0 Å². The lowest BCUT2D eigenvalue weighted by Crippen LogP contribution is -2.44. The molecular formula is C49H77N3O6. The zero-order valence-corrected chi connectivity index (χ0v) is 30.5. The highest BCUT2D eigenvalue weighted by molar-refractivity contribution is 5.33. The number of rotatable bonds is 12. The lowest BCUT2D eigenvalue weighted by Gasteiger charge is -2.43. The van der Waals surface area contributed by atoms with Crippen molar-refractivity contribution in [2.45, 2.75) is 131 Å². The minimum Gasteiger partial charge on any atom is -0.508 e. The largest absolute Gasteiger partial charge is 0.508 e. The molecule has 6 rings (SSSR count). The van der Waals surface area contributed by atoms with Gasteiger partial charge in [0.05, 0.1) is 33.3 Å². The minimum atomic E-state index is -4.96. The maximum absolute atomic E-state index is 12.2. The first-order valence-corrected chi connectivity index (χ1v) is 15.8. The van der Waals surface area contributed by atoms with Crippen LogP contribution in [0.4, 0.5) is 0 Å². The molecule has 3 saturated carbocycles. The van der Waals surface area contributed by atoms with Crippen molar-refractivity contribution in [3.05, 3.63) is 89.2 Å². The van der Waals surface area contributed by atoms with E-state index in [2.05, 4.69) is 0 Å². The smallest absolute Gasteiger partial charge is 0.115 e. The molecule has 3 aromatic rings. The van der Waals surface area contributed by atoms with Gasteiger partial charge in [-0.3, -0.25) is 0 Å². The van der Waals surface area contributed by atoms with E-state index in [1.165, 1.54) is 0 Å². The summed E-state index contributed by atoms with van der Waals surface area (Å²) in [5.74, 6) is -21.3. The van der Waals surface area contributed by atoms with Crippen molar-refractivity contribution in [1.29, 1.82) is 0 Å². The average molecular weight is 864 g/mol. The van der Waals surface area contributed by atoms with E-state index in [1.54, 1.807) is 0 Å². The Labute approximate surface area is 433 Å². The van der Waals surface area contributed by atoms with E-state index in [0.29, 0.717) is 18.9 Å². The summed E-state index contributed by atoms with van der Waals surface area (Å²) in [6.45, 7) is -24.3. The lowest BCUT2D eigenvalue weighted by atomic mass is 9.69. The van der Waals surface area contributed by atoms with Crippen LogP contribution in [0.5, 0.6) is 17.2 Å². The summed E-state index contributed by atoms with van der Waals surface area (Å²) < 4.78 is 485. The zero-order valence-electron chi connectivity index (χ0n) is 89.5. The van der Waals surface area contributed by atoms with Crippen LogP contribution in [0.15, 0.2) is 72.5 Å². The molecule has 3 fully saturated rings. The van der Waals surface area contributed by atoms with Crippen molar-refractivity contribution in [1.82, 2.24) is 14.7 Å². The molecule has 0 heterocycles. The number of likely N-dealkylation sites (N-methyl/N-ethyl adjacent to an activating group) is 3. The Kier molecular flexibility index (Phi) is 4.39. The summed E-state index contributed by atoms with van der Waals surface area (Å²) in [5.41, 5.74) is -19.6. The molecule has 5 atom stereocenters. The van der Waals surface area contributed by atoms with Gasteiger partial charge in [0.1, 0.15) is 17.2 Å². The molecule has 0 saturated heterocycles. The van der Waals surface area contributed by atoms with Gasteiger partial charge in [-0.25, -0.2) is 0 Å². The van der Waals surface area contributed by atoms with E-state index >= 15 is 0 Å². The summed E-state index contributed by atoms with van der Waals surface area (Å²) in [6.07, 6.45) is -60.3. The highest BCUT2D eigenvalue weighted by Gasteiger charge is 2.42. The molecule has 9 nitrogen and oxygen atoms in total. The van der Waals surface area contributed by atoms with Gasteiger partial charge < -0.3 is 45.3 Å². The van der Waals surface area contributed by atoms with Gasteiger partial charge in [-0.05, 0) is 139 Å². The molecule has 324 valence electrons. The Balaban J connectivity index is 0.000000370. The van der Waals surface area contributed by atoms with Gasteiger partial charge in [0, 0.05) is 102 Å². The van der Waals surface area contributed by atoms with Crippen molar-refractivity contribution >= 4 is 0 Å². The van der Waals surface area contributed by atoms with E-state index < -0.39 is 281 Å². The van der Waals surface area contributed by atoms with Crippen LogP contribution in [0.25, 0.3) is 0 Å². The molecule has 0 bridgehead atoms. The van der Waals surface area contributed by atoms with Crippen molar-refractivity contribution in [3.8, 4) is 17.2 Å². The third kappa shape index (κ3) is 14.0. The first-order valence-electron chi connectivity index (χ1n) is 45.3. The van der Waals surface area contributed by atoms with Crippen LogP contribution in [0, 0.1) is 5.89 Å². The number of aromatic hydroxyl groups is 3. The Morgan fingerprint density at radius 2 is 0.914 bits per heavy atom. The van der Waals surface area contributed by atoms with Gasteiger partial charge in [0.25, 0.3) is 0 Å². The van der Waals surface area contributed by atoms with E-state index in [0.717, 1.165) is 14.1 Å². The second-order valence-electron chi connectivity index (χ2n) is 11.4. The van der Waals surface area contributed by atoms with Crippen molar-refractivity contribution in [2.24, 2.45) is 5.89 Å². The Bertz CT molecular complexity index is 4200. The maximum atomic E-state index is 12.2. The van der Waals surface area contributed by atoms with Gasteiger partial charge in [-0.15, -0.1) is 0 Å². The van der Waals surface area contributed by atoms with E-state index in [4.69, 9.17) is 79.5 Å². The Morgan fingerprint density at radius 1 is 0.586 bits per heavy atom. The number of benzene rings is 3. The van der Waals surface area contributed by atoms with Crippen molar-refractivity contribution in [2.75, 3.05) is 61.6 Å². The Morgan fingerprint density at radius 3 is 1.28 bits per heavy atom. The third-order valence-corrected chi connectivity index (χ3v) is 6.59. The first-order chi connectivity index (χ1) is 50.5. The summed E-state index contributed by atoms with van der Waals surface area (Å²) in [4.78, 5) is -0.967. The highest BCUT2D eigenvalue weighted by Crippen LogP contribution is 2.44. The molecule has 3 aliphatic rings. The topological polar surface area (TPSA) is 131 Å². The van der Waals surface area contributed by atoms with E-state index in [9.17, 15) is 32.0 Å². The van der Waals surface area contributed by atoms with Gasteiger partial charge in [0.15, 0.2) is 0 Å². The highest BCUT2D eigenvalue weighted by atomic mass is 16.3. The minimum absolute atomic E-state index is 0.304. The standard InChI is InChI=1S/C17H27NO2.2C16H25NO2/c1-13-5-4-10-17(20,11-13)16(12-18(2)3)14-6-8-15(19)9-7-14;2*1-17(2)12-15(13-6-8-14(18)9-7-13)16(19)10-4-3-5-11-16/h6-9,13,16,19-20H,4-5,10-12H2,1-3H3;2*6-9,15,18-19H,3-5,10-12H2,1-2H3/i2D3,3D3,4D2,5D2,6D,7D,8D,9D,10D2,11D2,12D2,13D,16D;1D3,3D2,4D2,5D2,6D,7D,8D,9D,10D2,11D2,12D2,15D;3D2,4D2,5D2,6D,7D,8D,9D,10D2,11D2,12D2,15D. The SMILES string of the molecule is [2H]c1c([2H])c(C([2H])(C([2H])([2H])N(C([2H])([2H])[2H])C([2H])([2H])[2H])C2(O)C([2H])([2H])C([2H])([2H])C([2H])([2H])C([2H])(C)C2([2H])[2H])c([2H])c([2H])c1O.[2H]c1c([2H])c(C([2H])(C([2H])([2H])N(C)C([2H])([2H])[2H])C2(O)C([2H])([2H])C([2H])([2H])C([2H])([2H])C([2H])([2H])C2([2H])[2H])c([2H])c([2H])c1O.[2H]c1c([2H])c(C([2H])(C([2H])([2H])N(C)C)C2(O)C([2H])([2H])C([2H])([2H])C([2H])([2H])C([2H])([2H])C2([2H])[2H])c([2H])c([2H])c1O. The third-order valence-electron chi connectivity index (χ3n) is 6.59. The molecule has 3 aromatic carbocycles. The predicted molar refractivity (Wildman–Crippen MR) is 237 cm³/mol. The molecule has 0 amide bonds. The molecule has 0 aliphatic heterocycles. The number of hydrogen-bond acceptors (Lipinski definition) is 9. The molecular weight excluding hydrogens is 727 g/mol. The van der Waals surface area contributed by atoms with Crippen LogP contribution in [0.2, 0.25) is 0 Å². The fraction of sp³-hybridized carbons (Fsp3) is 0.633. The van der Waals surface area contributed by atoms with Crippen LogP contribution in [-0.4, -0.2) is 124 Å². The molecule has 9 heteroatoms. The molecule has 0 radical (unpaired) electrons. The molecule has 0 aromatic heterocycles. The molecule has 6 N–H and O–H groups in total. The normalized spacial score (nSPS) is 54.6. The molecule has 58 heavy (non-hydrogen) atoms. The van der Waals surface area contributed by atoms with Crippen LogP contribution in [0.3, 0.4) is 0 Å². The van der Waals surface area contributed by atoms with E-state index in [1.807, 2.05) is 0 Å². The molecule has 0 spiro atoms. The van der Waals surface area contributed by atoms with Gasteiger partial charge >= 0.3 is 0 Å². The summed E-state index contributed by atoms with van der Waals surface area (Å²) in [5, 5.41) is 65.9. The van der Waals surface area contributed by atoms with Crippen molar-refractivity contribution in [3.63, 3.8) is 0 Å². The number of phenolic OH excluding ortho intramolecular Hbond substituents is 3. The monoisotopic (exact) mass is 863 g/mol. The fourth-order valence-electron chi connectivity index (χ4n) is 4.29. The first kappa shape index (κ1) is 11.6. The predicted octanol–water partition coefficient (Wildman–Crippen LogP) is 8.44. The molecule has 5 unspecified atom stereocenters. The number of phenols is 3. The molecule has 3 aliphatic carbocycles. The van der Waals surface area contributed by atoms with Gasteiger partial charge in [-0.2, -0.15) is 0 Å². The second-order valence-corrected chi connectivity index (χ2v) is 11.4. The quantitative estimate of drug-likeness (QED) is 0.106. The van der Waals surface area contributed by atoms with Crippen LogP contribution < -0.4 is 0 Å². The van der Waals surface area contributed by atoms with Crippen LogP contribution in [0.1, 0.15) is 211 Å². The summed E-state index contributed by atoms with van der Waals surface area (Å²) >= 11 is 0. The lowest BCUT2D eigenvalue weighted by molar-refractivity contribution is -0.0422.